The van der Waals surface area contributed by atoms with Crippen LogP contribution in [0.25, 0.3) is 0 Å². The number of likely N-dealkylation sites (tertiary alicyclic amines) is 2. The number of aromatic nitrogens is 2. The summed E-state index contributed by atoms with van der Waals surface area (Å²) in [6.45, 7) is 4.08. The summed E-state index contributed by atoms with van der Waals surface area (Å²) >= 11 is 0. The number of hydrogen-bond acceptors (Lipinski definition) is 4. The normalized spacial score (nSPS) is 22.8. The number of carbonyl (C=O) groups excluding carboxylic acids is 3. The van der Waals surface area contributed by atoms with Crippen molar-refractivity contribution in [1.82, 2.24) is 24.5 Å². The van der Waals surface area contributed by atoms with Gasteiger partial charge in [0.05, 0.1) is 5.41 Å². The van der Waals surface area contributed by atoms with Gasteiger partial charge in [-0.05, 0) is 25.1 Å². The first kappa shape index (κ1) is 20.1. The summed E-state index contributed by atoms with van der Waals surface area (Å²) in [5.41, 5.74) is 0.368. The molecule has 2 fully saturated rings. The van der Waals surface area contributed by atoms with Gasteiger partial charge in [0.1, 0.15) is 5.69 Å². The highest BCUT2D eigenvalue weighted by molar-refractivity contribution is 5.97. The van der Waals surface area contributed by atoms with Crippen LogP contribution in [0.5, 0.6) is 0 Å². The van der Waals surface area contributed by atoms with Crippen molar-refractivity contribution in [2.24, 2.45) is 11.3 Å². The first-order valence-electron chi connectivity index (χ1n) is 10.2. The van der Waals surface area contributed by atoms with Crippen LogP contribution in [0.4, 0.5) is 0 Å². The third kappa shape index (κ3) is 3.16. The minimum Gasteiger partial charge on any atom is -0.348 e. The largest absolute Gasteiger partial charge is 0.348 e. The summed E-state index contributed by atoms with van der Waals surface area (Å²) < 4.78 is 1.67. The van der Waals surface area contributed by atoms with E-state index in [1.807, 2.05) is 25.1 Å². The lowest BCUT2D eigenvalue weighted by Gasteiger charge is -2.30. The van der Waals surface area contributed by atoms with Crippen LogP contribution in [0.1, 0.15) is 27.8 Å². The molecular weight excluding hydrogens is 382 g/mol. The van der Waals surface area contributed by atoms with Crippen molar-refractivity contribution in [2.45, 2.75) is 13.5 Å². The van der Waals surface area contributed by atoms with Gasteiger partial charge in [-0.25, -0.2) is 0 Å². The van der Waals surface area contributed by atoms with Crippen LogP contribution in [-0.2, 0) is 11.3 Å². The lowest BCUT2D eigenvalue weighted by molar-refractivity contribution is -0.139. The highest BCUT2D eigenvalue weighted by atomic mass is 16.2. The van der Waals surface area contributed by atoms with E-state index < -0.39 is 5.41 Å². The molecular formula is C22H27N5O3. The highest BCUT2D eigenvalue weighted by Crippen LogP contribution is 2.44. The Kier molecular flexibility index (Phi) is 5.09. The number of hydrogen-bond donors (Lipinski definition) is 0. The maximum atomic E-state index is 13.3. The second-order valence-electron chi connectivity index (χ2n) is 8.32. The predicted molar refractivity (Wildman–Crippen MR) is 111 cm³/mol. The predicted octanol–water partition coefficient (Wildman–Crippen LogP) is 1.21. The van der Waals surface area contributed by atoms with Crippen molar-refractivity contribution in [2.75, 3.05) is 40.3 Å². The maximum Gasteiger partial charge on any atom is 0.272 e. The summed E-state index contributed by atoms with van der Waals surface area (Å²) in [7, 11) is 3.46. The average molecular weight is 409 g/mol. The molecule has 0 spiro atoms. The summed E-state index contributed by atoms with van der Waals surface area (Å²) in [5, 5.41) is 4.19. The number of nitrogens with zero attached hydrogens (tertiary/aromatic N) is 5. The van der Waals surface area contributed by atoms with Crippen molar-refractivity contribution >= 4 is 17.7 Å². The number of fused-ring (bicyclic) bond motifs is 1. The summed E-state index contributed by atoms with van der Waals surface area (Å²) in [6.07, 6.45) is 1.62. The fourth-order valence-corrected chi connectivity index (χ4v) is 4.81. The summed E-state index contributed by atoms with van der Waals surface area (Å²) in [6, 6.07) is 10.8. The lowest BCUT2D eigenvalue weighted by atomic mass is 9.80. The lowest BCUT2D eigenvalue weighted by Crippen LogP contribution is -2.48. The Labute approximate surface area is 176 Å². The molecule has 4 rings (SSSR count). The fraction of sp³-hybridized carbons (Fsp3) is 0.455. The zero-order chi connectivity index (χ0) is 21.5. The van der Waals surface area contributed by atoms with Crippen LogP contribution in [0.2, 0.25) is 0 Å². The van der Waals surface area contributed by atoms with E-state index in [1.54, 1.807) is 57.9 Å². The van der Waals surface area contributed by atoms with Crippen LogP contribution in [0, 0.1) is 11.3 Å². The standard InChI is InChI=1S/C22H27N5O3/c1-4-27-18(10-11-23-27)20(29)26-13-17-12-25(19(28)16-8-6-5-7-9-16)14-22(17,15-26)21(30)24(2)3/h5-11,17H,4,12-15H2,1-3H3/t17-,22-/m0/s1. The van der Waals surface area contributed by atoms with E-state index in [9.17, 15) is 14.4 Å². The number of carbonyl (C=O) groups is 3. The van der Waals surface area contributed by atoms with Crippen LogP contribution >= 0.6 is 0 Å². The third-order valence-electron chi connectivity index (χ3n) is 6.27. The molecule has 8 heteroatoms. The number of benzene rings is 1. The van der Waals surface area contributed by atoms with Crippen LogP contribution in [0.3, 0.4) is 0 Å². The van der Waals surface area contributed by atoms with Gasteiger partial charge in [-0.3, -0.25) is 19.1 Å². The van der Waals surface area contributed by atoms with Gasteiger partial charge < -0.3 is 14.7 Å². The Bertz CT molecular complexity index is 970. The summed E-state index contributed by atoms with van der Waals surface area (Å²) in [4.78, 5) is 44.5. The second kappa shape index (κ2) is 7.59. The molecule has 0 N–H and O–H groups in total. The SMILES string of the molecule is CCn1nccc1C(=O)N1C[C@@H]2CN(C(=O)c3ccccc3)C[C@]2(C(=O)N(C)C)C1. The molecule has 2 saturated heterocycles. The van der Waals surface area contributed by atoms with Crippen molar-refractivity contribution in [1.29, 1.82) is 0 Å². The zero-order valence-electron chi connectivity index (χ0n) is 17.6. The Morgan fingerprint density at radius 1 is 1.03 bits per heavy atom. The van der Waals surface area contributed by atoms with E-state index in [0.29, 0.717) is 44.0 Å². The van der Waals surface area contributed by atoms with Crippen LogP contribution in [-0.4, -0.2) is 82.5 Å². The molecule has 8 nitrogen and oxygen atoms in total. The molecule has 2 aromatic rings. The van der Waals surface area contributed by atoms with E-state index in [1.165, 1.54) is 0 Å². The zero-order valence-corrected chi connectivity index (χ0v) is 17.6. The van der Waals surface area contributed by atoms with Gasteiger partial charge in [0.15, 0.2) is 0 Å². The second-order valence-corrected chi connectivity index (χ2v) is 8.32. The minimum absolute atomic E-state index is 0.0323. The molecule has 2 aliphatic heterocycles. The number of amides is 3. The first-order chi connectivity index (χ1) is 14.4. The Hall–Kier alpha value is -3.16. The van der Waals surface area contributed by atoms with Crippen molar-refractivity contribution < 1.29 is 14.4 Å². The van der Waals surface area contributed by atoms with Gasteiger partial charge in [-0.2, -0.15) is 5.10 Å². The van der Waals surface area contributed by atoms with Crippen LogP contribution in [0.15, 0.2) is 42.6 Å². The first-order valence-corrected chi connectivity index (χ1v) is 10.2. The van der Waals surface area contributed by atoms with Crippen LogP contribution < -0.4 is 0 Å². The third-order valence-corrected chi connectivity index (χ3v) is 6.27. The Morgan fingerprint density at radius 3 is 2.27 bits per heavy atom. The topological polar surface area (TPSA) is 78.8 Å². The van der Waals surface area contributed by atoms with Gasteiger partial charge in [-0.1, -0.05) is 18.2 Å². The Morgan fingerprint density at radius 2 is 1.67 bits per heavy atom. The molecule has 2 atom stereocenters. The molecule has 0 bridgehead atoms. The summed E-state index contributed by atoms with van der Waals surface area (Å²) in [5.74, 6) is -0.314. The molecule has 0 saturated carbocycles. The van der Waals surface area contributed by atoms with Gasteiger partial charge in [0, 0.05) is 64.5 Å². The van der Waals surface area contributed by atoms with Gasteiger partial charge in [0.2, 0.25) is 5.91 Å². The van der Waals surface area contributed by atoms with E-state index in [0.717, 1.165) is 0 Å². The van der Waals surface area contributed by atoms with Crippen molar-refractivity contribution in [3.05, 3.63) is 53.9 Å². The maximum absolute atomic E-state index is 13.3. The molecule has 0 radical (unpaired) electrons. The number of rotatable bonds is 4. The molecule has 30 heavy (non-hydrogen) atoms. The molecule has 2 aliphatic rings. The monoisotopic (exact) mass is 409 g/mol. The molecule has 0 aliphatic carbocycles. The molecule has 1 aromatic heterocycles. The molecule has 158 valence electrons. The average Bonchev–Trinajstić information content (AvgIpc) is 3.45. The fourth-order valence-electron chi connectivity index (χ4n) is 4.81. The smallest absolute Gasteiger partial charge is 0.272 e. The van der Waals surface area contributed by atoms with E-state index in [2.05, 4.69) is 5.10 Å². The van der Waals surface area contributed by atoms with Gasteiger partial charge >= 0.3 is 0 Å². The number of aryl methyl sites for hydroxylation is 1. The molecule has 3 amide bonds. The van der Waals surface area contributed by atoms with Crippen molar-refractivity contribution in [3.8, 4) is 0 Å². The van der Waals surface area contributed by atoms with E-state index in [4.69, 9.17) is 0 Å². The Balaban J connectivity index is 1.60. The van der Waals surface area contributed by atoms with E-state index >= 15 is 0 Å². The van der Waals surface area contributed by atoms with Gasteiger partial charge in [0.25, 0.3) is 11.8 Å². The van der Waals surface area contributed by atoms with E-state index in [-0.39, 0.29) is 23.6 Å². The quantitative estimate of drug-likeness (QED) is 0.760. The minimum atomic E-state index is -0.777. The van der Waals surface area contributed by atoms with Crippen molar-refractivity contribution in [3.63, 3.8) is 0 Å². The highest BCUT2D eigenvalue weighted by Gasteiger charge is 2.59. The molecule has 0 unspecified atom stereocenters. The van der Waals surface area contributed by atoms with Gasteiger partial charge in [-0.15, -0.1) is 0 Å². The molecule has 3 heterocycles. The molecule has 1 aromatic carbocycles.